The van der Waals surface area contributed by atoms with E-state index in [-0.39, 0.29) is 21.9 Å². The molecule has 4 aromatic rings. The monoisotopic (exact) mass is 427 g/mol. The van der Waals surface area contributed by atoms with E-state index in [1.165, 1.54) is 16.7 Å². The average molecular weight is 427 g/mol. The number of rotatable bonds is 6. The molecule has 0 bridgehead atoms. The number of halogens is 2. The molecule has 0 atom stereocenters. The maximum Gasteiger partial charge on any atom is 0.387 e. The number of nitrogens with one attached hydrogen (secondary N) is 1. The number of anilines is 2. The van der Waals surface area contributed by atoms with Crippen LogP contribution in [0.25, 0.3) is 15.9 Å². The number of nitrogens with two attached hydrogens (primary N) is 1. The van der Waals surface area contributed by atoms with Crippen molar-refractivity contribution in [3.63, 3.8) is 0 Å². The first-order valence-electron chi connectivity index (χ1n) is 8.80. The first-order chi connectivity index (χ1) is 14.5. The summed E-state index contributed by atoms with van der Waals surface area (Å²) in [5, 5.41) is 3.53. The highest BCUT2D eigenvalue weighted by molar-refractivity contribution is 7.21. The lowest BCUT2D eigenvalue weighted by Crippen LogP contribution is -2.16. The van der Waals surface area contributed by atoms with Crippen molar-refractivity contribution in [2.45, 2.75) is 6.61 Å². The fraction of sp³-hybridized carbons (Fsp3) is 0.0476. The summed E-state index contributed by atoms with van der Waals surface area (Å²) in [5.41, 5.74) is 6.47. The first kappa shape index (κ1) is 19.6. The molecule has 0 aliphatic rings. The first-order valence-corrected chi connectivity index (χ1v) is 9.62. The number of hydrogen-bond acceptors (Lipinski definition) is 5. The van der Waals surface area contributed by atoms with E-state index < -0.39 is 12.5 Å². The molecule has 0 saturated carbocycles. The third kappa shape index (κ3) is 3.62. The molecule has 0 fully saturated rings. The Kier molecular flexibility index (Phi) is 5.20. The molecular formula is C21H15F2N3O3S. The van der Waals surface area contributed by atoms with Gasteiger partial charge in [0, 0.05) is 11.5 Å². The molecule has 30 heavy (non-hydrogen) atoms. The lowest BCUT2D eigenvalue weighted by molar-refractivity contribution is -0.0493. The minimum Gasteiger partial charge on any atom is -0.433 e. The van der Waals surface area contributed by atoms with E-state index in [1.807, 2.05) is 6.07 Å². The zero-order chi connectivity index (χ0) is 21.3. The van der Waals surface area contributed by atoms with Gasteiger partial charge in [0.15, 0.2) is 0 Å². The standard InChI is InChI=1S/C21H15F2N3O3S/c22-21(23)29-15-9-5-4-8-14(15)25-17-13-10-11-16(27)26(12-6-2-1-3-7-12)20(13)30-18(17)19(24)28/h1-11,21,25H,(H2,24,28). The van der Waals surface area contributed by atoms with Crippen LogP contribution in [0.5, 0.6) is 5.75 Å². The maximum absolute atomic E-state index is 12.8. The van der Waals surface area contributed by atoms with Crippen LogP contribution in [0, 0.1) is 0 Å². The van der Waals surface area contributed by atoms with Crippen LogP contribution >= 0.6 is 11.3 Å². The smallest absolute Gasteiger partial charge is 0.387 e. The second kappa shape index (κ2) is 7.96. The van der Waals surface area contributed by atoms with E-state index >= 15 is 0 Å². The number of nitrogens with zero attached hydrogens (tertiary/aromatic N) is 1. The van der Waals surface area contributed by atoms with Gasteiger partial charge in [0.1, 0.15) is 15.5 Å². The molecular weight excluding hydrogens is 412 g/mol. The largest absolute Gasteiger partial charge is 0.433 e. The van der Waals surface area contributed by atoms with Crippen molar-refractivity contribution in [2.75, 3.05) is 5.32 Å². The second-order valence-electron chi connectivity index (χ2n) is 6.23. The number of thiophene rings is 1. The Morgan fingerprint density at radius 2 is 1.73 bits per heavy atom. The molecule has 0 aliphatic heterocycles. The van der Waals surface area contributed by atoms with Crippen LogP contribution < -0.4 is 21.3 Å². The van der Waals surface area contributed by atoms with Crippen LogP contribution in [0.15, 0.2) is 71.5 Å². The van der Waals surface area contributed by atoms with Gasteiger partial charge in [-0.2, -0.15) is 8.78 Å². The van der Waals surface area contributed by atoms with Gasteiger partial charge in [-0.05, 0) is 30.3 Å². The lowest BCUT2D eigenvalue weighted by Gasteiger charge is -2.13. The Labute approximate surface area is 173 Å². The molecule has 6 nitrogen and oxygen atoms in total. The highest BCUT2D eigenvalue weighted by Crippen LogP contribution is 2.39. The number of carbonyl (C=O) groups excluding carboxylic acids is 1. The molecule has 152 valence electrons. The molecule has 9 heteroatoms. The van der Waals surface area contributed by atoms with Gasteiger partial charge < -0.3 is 15.8 Å². The summed E-state index contributed by atoms with van der Waals surface area (Å²) in [6.07, 6.45) is 0. The number of para-hydroxylation sites is 3. The number of amides is 1. The molecule has 0 spiro atoms. The van der Waals surface area contributed by atoms with E-state index in [2.05, 4.69) is 10.1 Å². The van der Waals surface area contributed by atoms with Crippen LogP contribution in [-0.2, 0) is 0 Å². The van der Waals surface area contributed by atoms with E-state index in [4.69, 9.17) is 5.73 Å². The number of primary amides is 1. The minimum atomic E-state index is -3.01. The molecule has 2 aromatic heterocycles. The lowest BCUT2D eigenvalue weighted by atomic mass is 10.2. The molecule has 4 rings (SSSR count). The molecule has 0 saturated heterocycles. The van der Waals surface area contributed by atoms with Crippen molar-refractivity contribution in [3.05, 3.63) is 82.0 Å². The quantitative estimate of drug-likeness (QED) is 0.475. The summed E-state index contributed by atoms with van der Waals surface area (Å²) >= 11 is 1.04. The van der Waals surface area contributed by atoms with E-state index in [9.17, 15) is 18.4 Å². The van der Waals surface area contributed by atoms with Crippen molar-refractivity contribution >= 4 is 38.8 Å². The van der Waals surface area contributed by atoms with Crippen molar-refractivity contribution in [3.8, 4) is 11.4 Å². The highest BCUT2D eigenvalue weighted by atomic mass is 32.1. The van der Waals surface area contributed by atoms with Gasteiger partial charge >= 0.3 is 6.61 Å². The number of fused-ring (bicyclic) bond motifs is 1. The SMILES string of the molecule is NC(=O)c1sc2c(ccc(=O)n2-c2ccccc2)c1Nc1ccccc1OC(F)F. The van der Waals surface area contributed by atoms with Gasteiger partial charge in [0.2, 0.25) is 0 Å². The fourth-order valence-corrected chi connectivity index (χ4v) is 4.23. The predicted molar refractivity (Wildman–Crippen MR) is 112 cm³/mol. The number of benzene rings is 2. The van der Waals surface area contributed by atoms with E-state index in [0.717, 1.165) is 11.3 Å². The van der Waals surface area contributed by atoms with Crippen molar-refractivity contribution < 1.29 is 18.3 Å². The summed E-state index contributed by atoms with van der Waals surface area (Å²) in [7, 11) is 0. The third-order valence-electron chi connectivity index (χ3n) is 4.34. The maximum atomic E-state index is 12.8. The summed E-state index contributed by atoms with van der Waals surface area (Å²) in [6.45, 7) is -3.01. The fourth-order valence-electron chi connectivity index (χ4n) is 3.10. The number of carbonyl (C=O) groups is 1. The molecule has 3 N–H and O–H groups in total. The van der Waals surface area contributed by atoms with Gasteiger partial charge in [-0.25, -0.2) is 0 Å². The van der Waals surface area contributed by atoms with Crippen molar-refractivity contribution in [1.82, 2.24) is 4.57 Å². The van der Waals surface area contributed by atoms with Crippen LogP contribution in [-0.4, -0.2) is 17.1 Å². The van der Waals surface area contributed by atoms with Crippen LogP contribution in [0.4, 0.5) is 20.2 Å². The Bertz CT molecular complexity index is 1290. The second-order valence-corrected chi connectivity index (χ2v) is 7.23. The number of alkyl halides is 2. The Hall–Kier alpha value is -3.72. The zero-order valence-corrected chi connectivity index (χ0v) is 16.2. The summed E-state index contributed by atoms with van der Waals surface area (Å²) in [4.78, 5) is 25.4. The van der Waals surface area contributed by atoms with Crippen LogP contribution in [0.2, 0.25) is 0 Å². The molecule has 2 heterocycles. The van der Waals surface area contributed by atoms with Crippen molar-refractivity contribution in [2.24, 2.45) is 5.73 Å². The number of aromatic nitrogens is 1. The highest BCUT2D eigenvalue weighted by Gasteiger charge is 2.21. The summed E-state index contributed by atoms with van der Waals surface area (Å²) < 4.78 is 31.6. The van der Waals surface area contributed by atoms with E-state index in [1.54, 1.807) is 48.5 Å². The average Bonchev–Trinajstić information content (AvgIpc) is 3.08. The summed E-state index contributed by atoms with van der Waals surface area (Å²) in [6, 6.07) is 18.0. The third-order valence-corrected chi connectivity index (χ3v) is 5.55. The van der Waals surface area contributed by atoms with Crippen molar-refractivity contribution in [1.29, 1.82) is 0 Å². The number of hydrogen-bond donors (Lipinski definition) is 2. The number of ether oxygens (including phenoxy) is 1. The topological polar surface area (TPSA) is 86.4 Å². The molecule has 0 unspecified atom stereocenters. The summed E-state index contributed by atoms with van der Waals surface area (Å²) in [5.74, 6) is -0.795. The predicted octanol–water partition coefficient (Wildman–Crippen LogP) is 4.50. The van der Waals surface area contributed by atoms with Gasteiger partial charge in [-0.1, -0.05) is 30.3 Å². The van der Waals surface area contributed by atoms with Crippen LogP contribution in [0.1, 0.15) is 9.67 Å². The Morgan fingerprint density at radius 3 is 2.43 bits per heavy atom. The van der Waals surface area contributed by atoms with E-state index in [0.29, 0.717) is 21.6 Å². The Balaban J connectivity index is 1.92. The molecule has 1 amide bonds. The van der Waals surface area contributed by atoms with Gasteiger partial charge in [-0.3, -0.25) is 14.2 Å². The number of pyridine rings is 1. The van der Waals surface area contributed by atoms with Crippen LogP contribution in [0.3, 0.4) is 0 Å². The Morgan fingerprint density at radius 1 is 1.03 bits per heavy atom. The normalized spacial score (nSPS) is 11.0. The molecule has 2 aromatic carbocycles. The minimum absolute atomic E-state index is 0.0846. The zero-order valence-electron chi connectivity index (χ0n) is 15.3. The van der Waals surface area contributed by atoms with Gasteiger partial charge in [0.25, 0.3) is 11.5 Å². The molecule has 0 aliphatic carbocycles. The van der Waals surface area contributed by atoms with Gasteiger partial charge in [0.05, 0.1) is 17.1 Å². The van der Waals surface area contributed by atoms with Gasteiger partial charge in [-0.15, -0.1) is 11.3 Å². The molecule has 0 radical (unpaired) electrons.